The highest BCUT2D eigenvalue weighted by Crippen LogP contribution is 2.23. The van der Waals surface area contributed by atoms with E-state index in [-0.39, 0.29) is 6.61 Å². The molecule has 0 amide bonds. The van der Waals surface area contributed by atoms with Crippen molar-refractivity contribution in [2.45, 2.75) is 6.10 Å². The van der Waals surface area contributed by atoms with Crippen molar-refractivity contribution in [2.24, 2.45) is 0 Å². The van der Waals surface area contributed by atoms with Crippen molar-refractivity contribution in [2.75, 3.05) is 18.5 Å². The Balaban J connectivity index is 1.77. The number of hydrogen-bond acceptors (Lipinski definition) is 3. The molecule has 0 fully saturated rings. The van der Waals surface area contributed by atoms with E-state index in [0.29, 0.717) is 17.3 Å². The standard InChI is InChI=1S/C15H15ClINO2/c16-14-3-1-2-4-15(14)20-10-13(19)9-18-12-7-5-11(17)6-8-12/h1-8,13,18-19H,9-10H2. The summed E-state index contributed by atoms with van der Waals surface area (Å²) < 4.78 is 6.66. The number of para-hydroxylation sites is 1. The van der Waals surface area contributed by atoms with Gasteiger partial charge in [0.2, 0.25) is 0 Å². The summed E-state index contributed by atoms with van der Waals surface area (Å²) >= 11 is 8.22. The monoisotopic (exact) mass is 403 g/mol. The van der Waals surface area contributed by atoms with Crippen LogP contribution < -0.4 is 10.1 Å². The lowest BCUT2D eigenvalue weighted by molar-refractivity contribution is 0.117. The molecule has 0 aromatic heterocycles. The number of rotatable bonds is 6. The number of aliphatic hydroxyl groups excluding tert-OH is 1. The second kappa shape index (κ2) is 7.71. The average molecular weight is 404 g/mol. The topological polar surface area (TPSA) is 41.5 Å². The maximum Gasteiger partial charge on any atom is 0.138 e. The van der Waals surface area contributed by atoms with Crippen LogP contribution in [-0.4, -0.2) is 24.4 Å². The van der Waals surface area contributed by atoms with Gasteiger partial charge in [0, 0.05) is 15.8 Å². The molecule has 3 nitrogen and oxygen atoms in total. The number of benzene rings is 2. The Morgan fingerprint density at radius 1 is 1.15 bits per heavy atom. The number of hydrogen-bond donors (Lipinski definition) is 2. The smallest absolute Gasteiger partial charge is 0.138 e. The van der Waals surface area contributed by atoms with Crippen LogP contribution in [-0.2, 0) is 0 Å². The van der Waals surface area contributed by atoms with Gasteiger partial charge in [-0.1, -0.05) is 23.7 Å². The highest BCUT2D eigenvalue weighted by atomic mass is 127. The van der Waals surface area contributed by atoms with Gasteiger partial charge in [-0.3, -0.25) is 0 Å². The van der Waals surface area contributed by atoms with Gasteiger partial charge in [-0.2, -0.15) is 0 Å². The SMILES string of the molecule is OC(CNc1ccc(I)cc1)COc1ccccc1Cl. The molecule has 1 atom stereocenters. The van der Waals surface area contributed by atoms with Gasteiger partial charge in [0.05, 0.1) is 5.02 Å². The van der Waals surface area contributed by atoms with Crippen molar-refractivity contribution in [1.29, 1.82) is 0 Å². The summed E-state index contributed by atoms with van der Waals surface area (Å²) in [6.45, 7) is 0.617. The van der Waals surface area contributed by atoms with Crippen LogP contribution in [0.15, 0.2) is 48.5 Å². The molecule has 5 heteroatoms. The number of halogens is 2. The molecule has 0 bridgehead atoms. The number of anilines is 1. The van der Waals surface area contributed by atoms with Crippen molar-refractivity contribution in [3.05, 3.63) is 57.1 Å². The summed E-state index contributed by atoms with van der Waals surface area (Å²) in [5, 5.41) is 13.6. The first-order chi connectivity index (χ1) is 9.65. The minimum atomic E-state index is -0.606. The molecule has 20 heavy (non-hydrogen) atoms. The second-order valence-electron chi connectivity index (χ2n) is 4.28. The third-order valence-electron chi connectivity index (χ3n) is 2.65. The van der Waals surface area contributed by atoms with E-state index in [0.717, 1.165) is 5.69 Å². The van der Waals surface area contributed by atoms with Crippen LogP contribution in [0.5, 0.6) is 5.75 Å². The van der Waals surface area contributed by atoms with Crippen molar-refractivity contribution >= 4 is 39.9 Å². The maximum atomic E-state index is 9.89. The Hall–Kier alpha value is -0.980. The molecule has 2 rings (SSSR count). The fourth-order valence-corrected chi connectivity index (χ4v) is 2.16. The van der Waals surface area contributed by atoms with Crippen LogP contribution in [0.1, 0.15) is 0 Å². The zero-order valence-corrected chi connectivity index (χ0v) is 13.6. The van der Waals surface area contributed by atoms with Gasteiger partial charge in [-0.25, -0.2) is 0 Å². The van der Waals surface area contributed by atoms with Crippen LogP contribution in [0.25, 0.3) is 0 Å². The third-order valence-corrected chi connectivity index (χ3v) is 3.69. The summed E-state index contributed by atoms with van der Waals surface area (Å²) in [6, 6.07) is 15.2. The lowest BCUT2D eigenvalue weighted by Crippen LogP contribution is -2.26. The van der Waals surface area contributed by atoms with Crippen LogP contribution >= 0.6 is 34.2 Å². The Morgan fingerprint density at radius 3 is 2.55 bits per heavy atom. The summed E-state index contributed by atoms with van der Waals surface area (Å²) in [7, 11) is 0. The van der Waals surface area contributed by atoms with Gasteiger partial charge in [0.25, 0.3) is 0 Å². The molecular weight excluding hydrogens is 389 g/mol. The lowest BCUT2D eigenvalue weighted by atomic mass is 10.3. The molecular formula is C15H15ClINO2. The highest BCUT2D eigenvalue weighted by Gasteiger charge is 2.07. The van der Waals surface area contributed by atoms with Crippen LogP contribution in [0.3, 0.4) is 0 Å². The Kier molecular flexibility index (Phi) is 5.94. The molecule has 0 radical (unpaired) electrons. The molecule has 0 saturated carbocycles. The molecule has 0 aliphatic rings. The van der Waals surface area contributed by atoms with E-state index >= 15 is 0 Å². The van der Waals surface area contributed by atoms with Crippen LogP contribution in [0.4, 0.5) is 5.69 Å². The second-order valence-corrected chi connectivity index (χ2v) is 5.94. The zero-order valence-electron chi connectivity index (χ0n) is 10.7. The summed E-state index contributed by atoms with van der Waals surface area (Å²) in [4.78, 5) is 0. The first-order valence-corrected chi connectivity index (χ1v) is 7.65. The fourth-order valence-electron chi connectivity index (χ4n) is 1.61. The third kappa shape index (κ3) is 4.85. The molecule has 0 spiro atoms. The average Bonchev–Trinajstić information content (AvgIpc) is 2.46. The number of ether oxygens (including phenoxy) is 1. The molecule has 0 saturated heterocycles. The van der Waals surface area contributed by atoms with E-state index in [1.807, 2.05) is 36.4 Å². The van der Waals surface area contributed by atoms with E-state index in [1.165, 1.54) is 3.57 Å². The molecule has 0 heterocycles. The van der Waals surface area contributed by atoms with Crippen molar-refractivity contribution in [3.8, 4) is 5.75 Å². The van der Waals surface area contributed by atoms with Gasteiger partial charge in [-0.05, 0) is 59.0 Å². The van der Waals surface area contributed by atoms with Gasteiger partial charge in [0.1, 0.15) is 18.5 Å². The van der Waals surface area contributed by atoms with E-state index in [9.17, 15) is 5.11 Å². The Bertz CT molecular complexity index is 548. The van der Waals surface area contributed by atoms with Gasteiger partial charge < -0.3 is 15.2 Å². The van der Waals surface area contributed by atoms with Crippen molar-refractivity contribution in [3.63, 3.8) is 0 Å². The summed E-state index contributed by atoms with van der Waals surface area (Å²) in [5.74, 6) is 0.586. The molecule has 106 valence electrons. The lowest BCUT2D eigenvalue weighted by Gasteiger charge is -2.14. The zero-order chi connectivity index (χ0) is 14.4. The van der Waals surface area contributed by atoms with Crippen molar-refractivity contribution < 1.29 is 9.84 Å². The van der Waals surface area contributed by atoms with Gasteiger partial charge >= 0.3 is 0 Å². The predicted octanol–water partition coefficient (Wildman–Crippen LogP) is 3.80. The van der Waals surface area contributed by atoms with Crippen molar-refractivity contribution in [1.82, 2.24) is 0 Å². The molecule has 2 N–H and O–H groups in total. The minimum Gasteiger partial charge on any atom is -0.489 e. The first kappa shape index (κ1) is 15.4. The predicted molar refractivity (Wildman–Crippen MR) is 90.6 cm³/mol. The van der Waals surface area contributed by atoms with Crippen LogP contribution in [0, 0.1) is 3.57 Å². The first-order valence-electron chi connectivity index (χ1n) is 6.20. The number of aliphatic hydroxyl groups is 1. The molecule has 2 aromatic carbocycles. The van der Waals surface area contributed by atoms with Gasteiger partial charge in [0.15, 0.2) is 0 Å². The molecule has 1 unspecified atom stereocenters. The largest absolute Gasteiger partial charge is 0.489 e. The van der Waals surface area contributed by atoms with Crippen LogP contribution in [0.2, 0.25) is 5.02 Å². The summed E-state index contributed by atoms with van der Waals surface area (Å²) in [5.41, 5.74) is 0.974. The maximum absolute atomic E-state index is 9.89. The van der Waals surface area contributed by atoms with E-state index in [1.54, 1.807) is 12.1 Å². The fraction of sp³-hybridized carbons (Fsp3) is 0.200. The van der Waals surface area contributed by atoms with E-state index in [4.69, 9.17) is 16.3 Å². The molecule has 0 aliphatic heterocycles. The van der Waals surface area contributed by atoms with E-state index in [2.05, 4.69) is 27.9 Å². The highest BCUT2D eigenvalue weighted by molar-refractivity contribution is 14.1. The Morgan fingerprint density at radius 2 is 1.85 bits per heavy atom. The minimum absolute atomic E-state index is 0.196. The summed E-state index contributed by atoms with van der Waals surface area (Å²) in [6.07, 6.45) is -0.606. The normalized spacial score (nSPS) is 11.9. The van der Waals surface area contributed by atoms with Gasteiger partial charge in [-0.15, -0.1) is 0 Å². The molecule has 2 aromatic rings. The molecule has 0 aliphatic carbocycles. The van der Waals surface area contributed by atoms with E-state index < -0.39 is 6.10 Å². The quantitative estimate of drug-likeness (QED) is 0.721. The number of nitrogens with one attached hydrogen (secondary N) is 1. The Labute approximate surface area is 137 Å².